The molecule has 1 aromatic heterocycles. The Morgan fingerprint density at radius 1 is 1.80 bits per heavy atom. The smallest absolute Gasteiger partial charge is 0.261 e. The molecule has 0 saturated heterocycles. The van der Waals surface area contributed by atoms with E-state index in [1.165, 1.54) is 6.20 Å². The Labute approximate surface area is 60.8 Å². The van der Waals surface area contributed by atoms with Crippen LogP contribution in [0.3, 0.4) is 0 Å². The van der Waals surface area contributed by atoms with E-state index in [0.717, 1.165) is 11.5 Å². The van der Waals surface area contributed by atoms with Crippen LogP contribution in [0.2, 0.25) is 0 Å². The first-order valence-electron chi connectivity index (χ1n) is 2.45. The molecular formula is C5H4N2O2S. The summed E-state index contributed by atoms with van der Waals surface area (Å²) in [6.45, 7) is 0. The predicted octanol–water partition coefficient (Wildman–Crippen LogP) is 0.0545. The summed E-state index contributed by atoms with van der Waals surface area (Å²) in [5, 5.41) is 0. The van der Waals surface area contributed by atoms with Crippen LogP contribution in [0.5, 0.6) is 0 Å². The molecule has 0 radical (unpaired) electrons. The van der Waals surface area contributed by atoms with E-state index in [1.807, 2.05) is 0 Å². The lowest BCUT2D eigenvalue weighted by molar-refractivity contribution is 0.0997. The number of amides is 1. The maximum Gasteiger partial charge on any atom is 0.261 e. The van der Waals surface area contributed by atoms with Crippen LogP contribution < -0.4 is 5.73 Å². The summed E-state index contributed by atoms with van der Waals surface area (Å²) in [4.78, 5) is 20.8. The monoisotopic (exact) mass is 156 g/mol. The molecule has 0 unspecified atom stereocenters. The molecule has 52 valence electrons. The fraction of sp³-hybridized carbons (Fsp3) is 0. The van der Waals surface area contributed by atoms with Crippen LogP contribution in [0.1, 0.15) is 20.0 Å². The van der Waals surface area contributed by atoms with Crippen molar-refractivity contribution in [1.82, 2.24) is 4.37 Å². The maximum absolute atomic E-state index is 10.5. The molecule has 0 fully saturated rings. The quantitative estimate of drug-likeness (QED) is 0.615. The first-order chi connectivity index (χ1) is 4.75. The van der Waals surface area contributed by atoms with Crippen molar-refractivity contribution in [3.8, 4) is 0 Å². The number of nitrogens with zero attached hydrogens (tertiary/aromatic N) is 1. The number of aldehydes is 1. The normalized spacial score (nSPS) is 9.20. The van der Waals surface area contributed by atoms with Crippen LogP contribution in [0, 0.1) is 0 Å². The van der Waals surface area contributed by atoms with Crippen LogP contribution in [0.25, 0.3) is 0 Å². The molecule has 1 aromatic rings. The van der Waals surface area contributed by atoms with Crippen molar-refractivity contribution in [2.45, 2.75) is 0 Å². The van der Waals surface area contributed by atoms with Gasteiger partial charge in [-0.1, -0.05) is 0 Å². The van der Waals surface area contributed by atoms with Gasteiger partial charge in [0.1, 0.15) is 4.88 Å². The van der Waals surface area contributed by atoms with Crippen LogP contribution in [-0.2, 0) is 0 Å². The van der Waals surface area contributed by atoms with E-state index in [0.29, 0.717) is 6.29 Å². The number of carbonyl (C=O) groups excluding carboxylic acids is 2. The topological polar surface area (TPSA) is 73.1 Å². The van der Waals surface area contributed by atoms with Gasteiger partial charge < -0.3 is 5.73 Å². The zero-order valence-corrected chi connectivity index (χ0v) is 5.72. The van der Waals surface area contributed by atoms with E-state index >= 15 is 0 Å². The van der Waals surface area contributed by atoms with Crippen molar-refractivity contribution >= 4 is 23.7 Å². The number of hydrogen-bond donors (Lipinski definition) is 1. The number of aromatic nitrogens is 1. The SMILES string of the molecule is NC(=O)c1sncc1C=O. The first kappa shape index (κ1) is 6.88. The van der Waals surface area contributed by atoms with Crippen LogP contribution >= 0.6 is 11.5 Å². The van der Waals surface area contributed by atoms with E-state index < -0.39 is 5.91 Å². The fourth-order valence-electron chi connectivity index (χ4n) is 0.518. The van der Waals surface area contributed by atoms with E-state index in [2.05, 4.69) is 4.37 Å². The Morgan fingerprint density at radius 2 is 2.50 bits per heavy atom. The molecule has 0 aromatic carbocycles. The molecule has 1 amide bonds. The molecule has 0 saturated carbocycles. The van der Waals surface area contributed by atoms with Gasteiger partial charge in [-0.05, 0) is 11.5 Å². The second kappa shape index (κ2) is 2.57. The number of carbonyl (C=O) groups is 2. The van der Waals surface area contributed by atoms with Crippen molar-refractivity contribution in [2.24, 2.45) is 5.73 Å². The van der Waals surface area contributed by atoms with Crippen molar-refractivity contribution < 1.29 is 9.59 Å². The summed E-state index contributed by atoms with van der Waals surface area (Å²) < 4.78 is 3.62. The molecule has 4 nitrogen and oxygen atoms in total. The Kier molecular flexibility index (Phi) is 1.77. The summed E-state index contributed by atoms with van der Waals surface area (Å²) in [5.41, 5.74) is 5.17. The molecule has 0 bridgehead atoms. The summed E-state index contributed by atoms with van der Waals surface area (Å²) in [7, 11) is 0. The molecule has 0 aliphatic heterocycles. The maximum atomic E-state index is 10.5. The first-order valence-corrected chi connectivity index (χ1v) is 3.22. The second-order valence-electron chi connectivity index (χ2n) is 1.59. The summed E-state index contributed by atoms with van der Waals surface area (Å²) >= 11 is 0.926. The Morgan fingerprint density at radius 3 is 2.90 bits per heavy atom. The number of primary amides is 1. The van der Waals surface area contributed by atoms with Gasteiger partial charge in [0.15, 0.2) is 6.29 Å². The summed E-state index contributed by atoms with van der Waals surface area (Å²) in [6.07, 6.45) is 1.88. The molecule has 1 heterocycles. The second-order valence-corrected chi connectivity index (χ2v) is 2.39. The van der Waals surface area contributed by atoms with E-state index in [1.54, 1.807) is 0 Å². The van der Waals surface area contributed by atoms with Crippen LogP contribution in [0.15, 0.2) is 6.20 Å². The highest BCUT2D eigenvalue weighted by molar-refractivity contribution is 7.08. The van der Waals surface area contributed by atoms with E-state index in [4.69, 9.17) is 5.73 Å². The lowest BCUT2D eigenvalue weighted by atomic mass is 10.3. The van der Waals surface area contributed by atoms with Crippen LogP contribution in [0.4, 0.5) is 0 Å². The molecule has 0 spiro atoms. The third-order valence-corrected chi connectivity index (χ3v) is 1.78. The van der Waals surface area contributed by atoms with Crippen molar-refractivity contribution in [3.05, 3.63) is 16.6 Å². The highest BCUT2D eigenvalue weighted by Crippen LogP contribution is 2.09. The van der Waals surface area contributed by atoms with Crippen molar-refractivity contribution in [3.63, 3.8) is 0 Å². The van der Waals surface area contributed by atoms with Gasteiger partial charge in [0.2, 0.25) is 0 Å². The van der Waals surface area contributed by atoms with Gasteiger partial charge in [0.05, 0.1) is 11.8 Å². The number of nitrogens with two attached hydrogens (primary N) is 1. The minimum Gasteiger partial charge on any atom is -0.365 e. The lowest BCUT2D eigenvalue weighted by Gasteiger charge is -1.84. The van der Waals surface area contributed by atoms with Gasteiger partial charge in [-0.3, -0.25) is 9.59 Å². The molecule has 0 aliphatic carbocycles. The molecule has 10 heavy (non-hydrogen) atoms. The largest absolute Gasteiger partial charge is 0.365 e. The van der Waals surface area contributed by atoms with Crippen molar-refractivity contribution in [1.29, 1.82) is 0 Å². The van der Waals surface area contributed by atoms with Gasteiger partial charge in [0, 0.05) is 0 Å². The molecule has 5 heteroatoms. The number of rotatable bonds is 2. The average molecular weight is 156 g/mol. The molecule has 0 aliphatic rings. The zero-order valence-electron chi connectivity index (χ0n) is 4.90. The van der Waals surface area contributed by atoms with Gasteiger partial charge in [-0.25, -0.2) is 0 Å². The third kappa shape index (κ3) is 1.03. The fourth-order valence-corrected chi connectivity index (χ4v) is 1.09. The van der Waals surface area contributed by atoms with Gasteiger partial charge >= 0.3 is 0 Å². The highest BCUT2D eigenvalue weighted by Gasteiger charge is 2.08. The minimum atomic E-state index is -0.607. The molecular weight excluding hydrogens is 152 g/mol. The summed E-state index contributed by atoms with van der Waals surface area (Å²) in [6, 6.07) is 0. The van der Waals surface area contributed by atoms with E-state index in [-0.39, 0.29) is 10.4 Å². The van der Waals surface area contributed by atoms with Gasteiger partial charge in [-0.15, -0.1) is 0 Å². The van der Waals surface area contributed by atoms with Gasteiger partial charge in [-0.2, -0.15) is 4.37 Å². The Balaban J connectivity index is 3.13. The standard InChI is InChI=1S/C5H4N2O2S/c6-5(9)4-3(2-8)1-7-10-4/h1-2H,(H2,6,9). The Bertz CT molecular complexity index is 268. The summed E-state index contributed by atoms with van der Waals surface area (Å²) in [5.74, 6) is -0.607. The third-order valence-electron chi connectivity index (χ3n) is 0.949. The molecule has 1 rings (SSSR count). The van der Waals surface area contributed by atoms with Gasteiger partial charge in [0.25, 0.3) is 5.91 Å². The zero-order chi connectivity index (χ0) is 7.56. The van der Waals surface area contributed by atoms with Crippen LogP contribution in [-0.4, -0.2) is 16.6 Å². The number of hydrogen-bond acceptors (Lipinski definition) is 4. The minimum absolute atomic E-state index is 0.218. The highest BCUT2D eigenvalue weighted by atomic mass is 32.1. The van der Waals surface area contributed by atoms with E-state index in [9.17, 15) is 9.59 Å². The molecule has 2 N–H and O–H groups in total. The predicted molar refractivity (Wildman–Crippen MR) is 36.0 cm³/mol. The Hall–Kier alpha value is -1.23. The lowest BCUT2D eigenvalue weighted by Crippen LogP contribution is -2.10. The molecule has 0 atom stereocenters. The average Bonchev–Trinajstić information content (AvgIpc) is 2.33. The van der Waals surface area contributed by atoms with Crippen molar-refractivity contribution in [2.75, 3.05) is 0 Å².